The molecule has 3 heteroatoms. The highest BCUT2D eigenvalue weighted by Gasteiger charge is 2.09. The summed E-state index contributed by atoms with van der Waals surface area (Å²) in [4.78, 5) is 11.6. The molecule has 0 saturated heterocycles. The van der Waals surface area contributed by atoms with Gasteiger partial charge in [0.1, 0.15) is 5.75 Å². The summed E-state index contributed by atoms with van der Waals surface area (Å²) < 4.78 is 19.3. The topological polar surface area (TPSA) is 26.3 Å². The summed E-state index contributed by atoms with van der Waals surface area (Å²) in [6, 6.07) is 11.8. The van der Waals surface area contributed by atoms with E-state index in [1.165, 1.54) is 0 Å². The van der Waals surface area contributed by atoms with Crippen molar-refractivity contribution in [2.45, 2.75) is 20.3 Å². The Morgan fingerprint density at radius 2 is 1.95 bits per heavy atom. The van der Waals surface area contributed by atoms with Crippen LogP contribution in [-0.4, -0.2) is 5.78 Å². The molecule has 0 aliphatic carbocycles. The minimum atomic E-state index is -0.380. The van der Waals surface area contributed by atoms with Crippen molar-refractivity contribution in [3.8, 4) is 11.5 Å². The molecule has 0 saturated carbocycles. The molecule has 2 rings (SSSR count). The van der Waals surface area contributed by atoms with Crippen molar-refractivity contribution in [3.63, 3.8) is 0 Å². The van der Waals surface area contributed by atoms with E-state index in [1.807, 2.05) is 0 Å². The number of aryl methyl sites for hydroxylation is 1. The number of ether oxygens (including phenoxy) is 1. The maximum atomic E-state index is 13.8. The first-order valence-corrected chi connectivity index (χ1v) is 6.18. The summed E-state index contributed by atoms with van der Waals surface area (Å²) in [6.45, 7) is 3.48. The van der Waals surface area contributed by atoms with E-state index in [9.17, 15) is 9.18 Å². The Morgan fingerprint density at radius 1 is 1.21 bits per heavy atom. The second kappa shape index (κ2) is 5.65. The van der Waals surface area contributed by atoms with Gasteiger partial charge in [0.15, 0.2) is 17.3 Å². The lowest BCUT2D eigenvalue weighted by Crippen LogP contribution is -1.97. The highest BCUT2D eigenvalue weighted by Crippen LogP contribution is 2.26. The maximum Gasteiger partial charge on any atom is 0.168 e. The van der Waals surface area contributed by atoms with Crippen molar-refractivity contribution >= 4 is 5.78 Å². The summed E-state index contributed by atoms with van der Waals surface area (Å²) in [6.07, 6.45) is 0.433. The van der Waals surface area contributed by atoms with Crippen LogP contribution < -0.4 is 4.74 Å². The molecule has 0 N–H and O–H groups in total. The van der Waals surface area contributed by atoms with Crippen LogP contribution in [-0.2, 0) is 0 Å². The van der Waals surface area contributed by atoms with Crippen molar-refractivity contribution in [2.24, 2.45) is 0 Å². The average Bonchev–Trinajstić information content (AvgIpc) is 2.43. The lowest BCUT2D eigenvalue weighted by atomic mass is 10.1. The van der Waals surface area contributed by atoms with E-state index in [0.717, 1.165) is 0 Å². The first-order valence-electron chi connectivity index (χ1n) is 6.18. The molecule has 2 aromatic carbocycles. The Hall–Kier alpha value is -2.16. The molecule has 0 heterocycles. The van der Waals surface area contributed by atoms with Gasteiger partial charge in [-0.2, -0.15) is 0 Å². The van der Waals surface area contributed by atoms with Gasteiger partial charge in [0, 0.05) is 12.0 Å². The van der Waals surface area contributed by atoms with Crippen LogP contribution in [0.1, 0.15) is 29.3 Å². The van der Waals surface area contributed by atoms with E-state index in [1.54, 1.807) is 56.3 Å². The number of ketones is 1. The van der Waals surface area contributed by atoms with Gasteiger partial charge in [-0.25, -0.2) is 4.39 Å². The van der Waals surface area contributed by atoms with Gasteiger partial charge >= 0.3 is 0 Å². The Morgan fingerprint density at radius 3 is 2.68 bits per heavy atom. The zero-order chi connectivity index (χ0) is 13.8. The molecule has 0 aromatic heterocycles. The molecule has 0 aliphatic heterocycles. The monoisotopic (exact) mass is 258 g/mol. The van der Waals surface area contributed by atoms with Gasteiger partial charge in [0.2, 0.25) is 0 Å². The molecule has 0 bridgehead atoms. The number of Topliss-reactive ketones (excluding diaryl/α,β-unsaturated/α-hetero) is 1. The Labute approximate surface area is 111 Å². The molecule has 0 fully saturated rings. The lowest BCUT2D eigenvalue weighted by molar-refractivity contribution is 0.0988. The molecule has 98 valence electrons. The number of hydrogen-bond acceptors (Lipinski definition) is 2. The van der Waals surface area contributed by atoms with Crippen molar-refractivity contribution in [2.75, 3.05) is 0 Å². The number of benzene rings is 2. The SMILES string of the molecule is CCC(=O)c1cccc(Oc2cccc(C)c2F)c1. The van der Waals surface area contributed by atoms with Crippen LogP contribution in [0.4, 0.5) is 4.39 Å². The normalized spacial score (nSPS) is 10.3. The van der Waals surface area contributed by atoms with Crippen LogP contribution in [0.15, 0.2) is 42.5 Å². The van der Waals surface area contributed by atoms with E-state index in [2.05, 4.69) is 0 Å². The van der Waals surface area contributed by atoms with Crippen molar-refractivity contribution in [3.05, 3.63) is 59.4 Å². The van der Waals surface area contributed by atoms with E-state index >= 15 is 0 Å². The molecule has 2 nitrogen and oxygen atoms in total. The molecule has 0 radical (unpaired) electrons. The maximum absolute atomic E-state index is 13.8. The summed E-state index contributed by atoms with van der Waals surface area (Å²) in [5, 5.41) is 0. The van der Waals surface area contributed by atoms with E-state index < -0.39 is 0 Å². The first kappa shape index (κ1) is 13.3. The third kappa shape index (κ3) is 2.99. The fourth-order valence-electron chi connectivity index (χ4n) is 1.76. The van der Waals surface area contributed by atoms with Crippen LogP contribution in [0.2, 0.25) is 0 Å². The number of carbonyl (C=O) groups excluding carboxylic acids is 1. The van der Waals surface area contributed by atoms with Crippen LogP contribution in [0, 0.1) is 12.7 Å². The lowest BCUT2D eigenvalue weighted by Gasteiger charge is -2.09. The number of halogens is 1. The molecule has 2 aromatic rings. The minimum absolute atomic E-state index is 0.0372. The zero-order valence-corrected chi connectivity index (χ0v) is 10.9. The van der Waals surface area contributed by atoms with E-state index in [-0.39, 0.29) is 17.3 Å². The van der Waals surface area contributed by atoms with Crippen LogP contribution in [0.5, 0.6) is 11.5 Å². The van der Waals surface area contributed by atoms with Crippen LogP contribution in [0.25, 0.3) is 0 Å². The number of carbonyl (C=O) groups is 1. The Balaban J connectivity index is 2.28. The number of rotatable bonds is 4. The van der Waals surface area contributed by atoms with E-state index in [4.69, 9.17) is 4.74 Å². The smallest absolute Gasteiger partial charge is 0.168 e. The fourth-order valence-corrected chi connectivity index (χ4v) is 1.76. The summed E-state index contributed by atoms with van der Waals surface area (Å²) >= 11 is 0. The van der Waals surface area contributed by atoms with Gasteiger partial charge < -0.3 is 4.74 Å². The third-order valence-electron chi connectivity index (χ3n) is 2.86. The van der Waals surface area contributed by atoms with Crippen LogP contribution >= 0.6 is 0 Å². The largest absolute Gasteiger partial charge is 0.454 e. The number of hydrogen-bond donors (Lipinski definition) is 0. The van der Waals surface area contributed by atoms with Gasteiger partial charge in [-0.3, -0.25) is 4.79 Å². The molecule has 0 atom stereocenters. The molecule has 0 spiro atoms. The highest BCUT2D eigenvalue weighted by atomic mass is 19.1. The summed E-state index contributed by atoms with van der Waals surface area (Å²) in [5.41, 5.74) is 1.10. The standard InChI is InChI=1S/C16H15FO2/c1-3-14(18)12-7-5-8-13(10-12)19-15-9-4-6-11(2)16(15)17/h4-10H,3H2,1-2H3. The second-order valence-corrected chi connectivity index (χ2v) is 4.29. The predicted octanol–water partition coefficient (Wildman–Crippen LogP) is 4.52. The molecular weight excluding hydrogens is 243 g/mol. The van der Waals surface area contributed by atoms with Gasteiger partial charge in [-0.15, -0.1) is 0 Å². The summed E-state index contributed by atoms with van der Waals surface area (Å²) in [5.74, 6) is 0.287. The highest BCUT2D eigenvalue weighted by molar-refractivity contribution is 5.96. The van der Waals surface area contributed by atoms with Gasteiger partial charge in [0.25, 0.3) is 0 Å². The average molecular weight is 258 g/mol. The molecule has 19 heavy (non-hydrogen) atoms. The molecule has 0 unspecified atom stereocenters. The van der Waals surface area contributed by atoms with E-state index in [0.29, 0.717) is 23.3 Å². The van der Waals surface area contributed by atoms with Crippen molar-refractivity contribution < 1.29 is 13.9 Å². The Bertz CT molecular complexity index is 605. The first-order chi connectivity index (χ1) is 9.11. The zero-order valence-electron chi connectivity index (χ0n) is 10.9. The van der Waals surface area contributed by atoms with Gasteiger partial charge in [0.05, 0.1) is 0 Å². The molecule has 0 amide bonds. The quantitative estimate of drug-likeness (QED) is 0.754. The Kier molecular flexibility index (Phi) is 3.95. The van der Waals surface area contributed by atoms with Gasteiger partial charge in [-0.1, -0.05) is 31.2 Å². The predicted molar refractivity (Wildman–Crippen MR) is 72.3 cm³/mol. The third-order valence-corrected chi connectivity index (χ3v) is 2.86. The molecular formula is C16H15FO2. The van der Waals surface area contributed by atoms with Crippen molar-refractivity contribution in [1.82, 2.24) is 0 Å². The molecule has 0 aliphatic rings. The second-order valence-electron chi connectivity index (χ2n) is 4.29. The fraction of sp³-hybridized carbons (Fsp3) is 0.188. The van der Waals surface area contributed by atoms with Crippen LogP contribution in [0.3, 0.4) is 0 Å². The minimum Gasteiger partial charge on any atom is -0.454 e. The van der Waals surface area contributed by atoms with Crippen molar-refractivity contribution in [1.29, 1.82) is 0 Å². The summed E-state index contributed by atoms with van der Waals surface area (Å²) in [7, 11) is 0. The van der Waals surface area contributed by atoms with Gasteiger partial charge in [-0.05, 0) is 30.7 Å².